The molecule has 0 bridgehead atoms. The van der Waals surface area contributed by atoms with Gasteiger partial charge in [0, 0.05) is 13.1 Å². The molecule has 0 saturated heterocycles. The maximum atomic E-state index is 14.6. The molecule has 1 aliphatic rings. The first kappa shape index (κ1) is 27.5. The fourth-order valence-corrected chi connectivity index (χ4v) is 3.02. The van der Waals surface area contributed by atoms with Crippen LogP contribution in [0.2, 0.25) is 0 Å². The van der Waals surface area contributed by atoms with Crippen LogP contribution in [0, 0.1) is 5.92 Å². The van der Waals surface area contributed by atoms with Crippen molar-refractivity contribution in [2.24, 2.45) is 5.92 Å². The van der Waals surface area contributed by atoms with Gasteiger partial charge in [-0.05, 0) is 45.1 Å². The number of carbonyl (C=O) groups is 1. The minimum atomic E-state index is -4.64. The van der Waals surface area contributed by atoms with Gasteiger partial charge in [-0.1, -0.05) is 19.6 Å². The molecule has 2 N–H and O–H groups in total. The summed E-state index contributed by atoms with van der Waals surface area (Å²) in [7, 11) is 3.29. The van der Waals surface area contributed by atoms with E-state index in [0.29, 0.717) is 12.8 Å². The van der Waals surface area contributed by atoms with E-state index >= 15 is 0 Å². The molecule has 1 amide bonds. The Morgan fingerprint density at radius 1 is 1.31 bits per heavy atom. The lowest BCUT2D eigenvalue weighted by Gasteiger charge is -2.25. The number of amides is 1. The van der Waals surface area contributed by atoms with Gasteiger partial charge < -0.3 is 25.0 Å². The molecular weight excluding hydrogens is 430 g/mol. The highest BCUT2D eigenvalue weighted by molar-refractivity contribution is 5.82. The van der Waals surface area contributed by atoms with Crippen LogP contribution in [0.25, 0.3) is 0 Å². The predicted octanol–water partition coefficient (Wildman–Crippen LogP) is 3.46. The molecular formula is C22H33F4N3O3. The maximum Gasteiger partial charge on any atom is 0.417 e. The van der Waals surface area contributed by atoms with E-state index in [2.05, 4.69) is 29.0 Å². The predicted molar refractivity (Wildman–Crippen MR) is 115 cm³/mol. The highest BCUT2D eigenvalue weighted by atomic mass is 19.4. The van der Waals surface area contributed by atoms with E-state index in [1.807, 2.05) is 7.05 Å². The van der Waals surface area contributed by atoms with Crippen molar-refractivity contribution < 1.29 is 31.8 Å². The van der Waals surface area contributed by atoms with Crippen molar-refractivity contribution in [3.05, 3.63) is 48.1 Å². The Balaban J connectivity index is 2.71. The number of methoxy groups -OCH3 is 1. The van der Waals surface area contributed by atoms with Gasteiger partial charge >= 0.3 is 6.18 Å². The molecule has 10 heteroatoms. The standard InChI is InChI=1S/C22H33F4N3O3/c1-5-9-29(3)10-7-8-27-21(30)17-12-20(31-4)19(13-18(17)23)28-14-16(22(24,25)26)15-32-11-6-2/h6,12-13,15,17-18,28H,2,5,7-11,14H2,1,3-4H3,(H,27,30)/b16-15-. The van der Waals surface area contributed by atoms with E-state index in [9.17, 15) is 22.4 Å². The lowest BCUT2D eigenvalue weighted by atomic mass is 9.95. The summed E-state index contributed by atoms with van der Waals surface area (Å²) in [5.74, 6) is -1.54. The highest BCUT2D eigenvalue weighted by Crippen LogP contribution is 2.28. The second-order valence-electron chi connectivity index (χ2n) is 7.35. The van der Waals surface area contributed by atoms with Crippen molar-refractivity contribution >= 4 is 5.91 Å². The van der Waals surface area contributed by atoms with E-state index < -0.39 is 36.3 Å². The zero-order valence-corrected chi connectivity index (χ0v) is 18.8. The van der Waals surface area contributed by atoms with Gasteiger partial charge in [0.2, 0.25) is 5.91 Å². The van der Waals surface area contributed by atoms with E-state index in [4.69, 9.17) is 9.47 Å². The topological polar surface area (TPSA) is 62.8 Å². The Bertz CT molecular complexity index is 705. The summed E-state index contributed by atoms with van der Waals surface area (Å²) >= 11 is 0. The molecule has 0 radical (unpaired) electrons. The molecule has 32 heavy (non-hydrogen) atoms. The molecule has 6 nitrogen and oxygen atoms in total. The molecule has 182 valence electrons. The minimum Gasteiger partial charge on any atom is -0.497 e. The molecule has 1 rings (SSSR count). The number of hydrogen-bond acceptors (Lipinski definition) is 5. The number of rotatable bonds is 14. The summed E-state index contributed by atoms with van der Waals surface area (Å²) in [4.78, 5) is 14.5. The van der Waals surface area contributed by atoms with Crippen LogP contribution in [0.1, 0.15) is 19.8 Å². The first-order valence-corrected chi connectivity index (χ1v) is 10.4. The van der Waals surface area contributed by atoms with Gasteiger partial charge in [-0.25, -0.2) is 4.39 Å². The Kier molecular flexibility index (Phi) is 11.9. The number of nitrogens with one attached hydrogen (secondary N) is 2. The van der Waals surface area contributed by atoms with E-state index in [1.165, 1.54) is 19.3 Å². The first-order valence-electron chi connectivity index (χ1n) is 10.4. The number of alkyl halides is 4. The van der Waals surface area contributed by atoms with E-state index in [1.54, 1.807) is 0 Å². The summed E-state index contributed by atoms with van der Waals surface area (Å²) in [6.45, 7) is 6.85. The highest BCUT2D eigenvalue weighted by Gasteiger charge is 2.35. The van der Waals surface area contributed by atoms with E-state index in [-0.39, 0.29) is 18.1 Å². The largest absolute Gasteiger partial charge is 0.497 e. The molecule has 0 spiro atoms. The van der Waals surface area contributed by atoms with Crippen LogP contribution in [0.3, 0.4) is 0 Å². The molecule has 0 aromatic carbocycles. The monoisotopic (exact) mass is 463 g/mol. The van der Waals surface area contributed by atoms with Crippen molar-refractivity contribution in [3.8, 4) is 0 Å². The van der Waals surface area contributed by atoms with Gasteiger partial charge in [0.15, 0.2) is 0 Å². The number of carbonyl (C=O) groups excluding carboxylic acids is 1. The second-order valence-corrected chi connectivity index (χ2v) is 7.35. The van der Waals surface area contributed by atoms with Crippen LogP contribution >= 0.6 is 0 Å². The van der Waals surface area contributed by atoms with Gasteiger partial charge in [-0.2, -0.15) is 13.2 Å². The van der Waals surface area contributed by atoms with Crippen molar-refractivity contribution in [1.82, 2.24) is 15.5 Å². The molecule has 0 aliphatic heterocycles. The summed E-state index contributed by atoms with van der Waals surface area (Å²) in [6.07, 6.45) is -0.365. The van der Waals surface area contributed by atoms with Gasteiger partial charge in [0.05, 0.1) is 30.6 Å². The maximum absolute atomic E-state index is 14.6. The van der Waals surface area contributed by atoms with Gasteiger partial charge in [0.25, 0.3) is 0 Å². The van der Waals surface area contributed by atoms with Crippen LogP contribution in [0.4, 0.5) is 17.6 Å². The zero-order chi connectivity index (χ0) is 24.1. The van der Waals surface area contributed by atoms with Gasteiger partial charge in [-0.15, -0.1) is 0 Å². The summed E-state index contributed by atoms with van der Waals surface area (Å²) in [6, 6.07) is 0. The van der Waals surface area contributed by atoms with Crippen LogP contribution in [0.15, 0.2) is 48.1 Å². The molecule has 2 unspecified atom stereocenters. The van der Waals surface area contributed by atoms with Crippen molar-refractivity contribution in [1.29, 1.82) is 0 Å². The quantitative estimate of drug-likeness (QED) is 0.179. The normalized spacial score (nSPS) is 19.2. The number of allylic oxidation sites excluding steroid dienone is 1. The Hall–Kier alpha value is -2.49. The van der Waals surface area contributed by atoms with Crippen LogP contribution in [-0.2, 0) is 14.3 Å². The minimum absolute atomic E-state index is 0.0316. The Labute approximate surface area is 187 Å². The van der Waals surface area contributed by atoms with E-state index in [0.717, 1.165) is 32.0 Å². The molecule has 0 saturated carbocycles. The molecule has 2 atom stereocenters. The van der Waals surface area contributed by atoms with Crippen molar-refractivity contribution in [2.75, 3.05) is 46.9 Å². The summed E-state index contributed by atoms with van der Waals surface area (Å²) in [5, 5.41) is 5.22. The Morgan fingerprint density at radius 2 is 2.03 bits per heavy atom. The lowest BCUT2D eigenvalue weighted by Crippen LogP contribution is -2.38. The Morgan fingerprint density at radius 3 is 2.62 bits per heavy atom. The van der Waals surface area contributed by atoms with Crippen LogP contribution < -0.4 is 10.6 Å². The summed E-state index contributed by atoms with van der Waals surface area (Å²) in [5.41, 5.74) is -0.955. The van der Waals surface area contributed by atoms with Gasteiger partial charge in [-0.3, -0.25) is 4.79 Å². The fraction of sp³-hybridized carbons (Fsp3) is 0.591. The number of ether oxygens (including phenoxy) is 2. The third-order valence-electron chi connectivity index (χ3n) is 4.68. The molecule has 0 heterocycles. The van der Waals surface area contributed by atoms with Crippen LogP contribution in [-0.4, -0.2) is 70.1 Å². The lowest BCUT2D eigenvalue weighted by molar-refractivity contribution is -0.124. The fourth-order valence-electron chi connectivity index (χ4n) is 3.02. The van der Waals surface area contributed by atoms with Gasteiger partial charge in [0.1, 0.15) is 18.5 Å². The first-order chi connectivity index (χ1) is 15.1. The number of nitrogens with zero attached hydrogens (tertiary/aromatic N) is 1. The zero-order valence-electron chi connectivity index (χ0n) is 18.8. The van der Waals surface area contributed by atoms with Crippen LogP contribution in [0.5, 0.6) is 0 Å². The molecule has 0 aromatic heterocycles. The number of hydrogen-bond donors (Lipinski definition) is 2. The average molecular weight is 464 g/mol. The smallest absolute Gasteiger partial charge is 0.417 e. The third kappa shape index (κ3) is 9.33. The molecule has 0 aromatic rings. The molecule has 0 fully saturated rings. The summed E-state index contributed by atoms with van der Waals surface area (Å²) < 4.78 is 64.1. The molecule has 1 aliphatic carbocycles. The number of halogens is 4. The second kappa shape index (κ2) is 13.8. The van der Waals surface area contributed by atoms with Crippen molar-refractivity contribution in [3.63, 3.8) is 0 Å². The average Bonchev–Trinajstić information content (AvgIpc) is 2.72. The SMILES string of the molecule is C=CCO/C=C(/CNC1=CC(F)C(C(=O)NCCCN(C)CCC)C=C1OC)C(F)(F)F. The third-order valence-corrected chi connectivity index (χ3v) is 4.68. The van der Waals surface area contributed by atoms with Crippen molar-refractivity contribution in [2.45, 2.75) is 32.1 Å².